The van der Waals surface area contributed by atoms with E-state index in [2.05, 4.69) is 14.9 Å². The second kappa shape index (κ2) is 5.09. The smallest absolute Gasteiger partial charge is 0.254 e. The van der Waals surface area contributed by atoms with Crippen molar-refractivity contribution >= 4 is 16.9 Å². The van der Waals surface area contributed by atoms with Crippen molar-refractivity contribution in [2.75, 3.05) is 33.0 Å². The highest BCUT2D eigenvalue weighted by atomic mass is 16.6. The van der Waals surface area contributed by atoms with E-state index in [1.165, 1.54) is 0 Å². The van der Waals surface area contributed by atoms with Crippen LogP contribution in [0.25, 0.3) is 11.0 Å². The van der Waals surface area contributed by atoms with Crippen LogP contribution < -0.4 is 0 Å². The van der Waals surface area contributed by atoms with Crippen LogP contribution in [0.2, 0.25) is 0 Å². The van der Waals surface area contributed by atoms with E-state index in [4.69, 9.17) is 9.47 Å². The van der Waals surface area contributed by atoms with Gasteiger partial charge in [0.05, 0.1) is 32.5 Å². The maximum atomic E-state index is 12.8. The maximum Gasteiger partial charge on any atom is 0.254 e. The highest BCUT2D eigenvalue weighted by Gasteiger charge is 2.37. The average Bonchev–Trinajstić information content (AvgIpc) is 3.11. The molecule has 0 spiro atoms. The van der Waals surface area contributed by atoms with Gasteiger partial charge in [-0.2, -0.15) is 0 Å². The van der Waals surface area contributed by atoms with Crippen LogP contribution in [0.4, 0.5) is 0 Å². The van der Waals surface area contributed by atoms with Crippen LogP contribution in [0.5, 0.6) is 0 Å². The Labute approximate surface area is 120 Å². The third-order valence-electron chi connectivity index (χ3n) is 4.14. The lowest BCUT2D eigenvalue weighted by Crippen LogP contribution is -2.44. The van der Waals surface area contributed by atoms with Gasteiger partial charge in [-0.25, -0.2) is 4.63 Å². The lowest BCUT2D eigenvalue weighted by molar-refractivity contribution is 0.0622. The Morgan fingerprint density at radius 3 is 2.95 bits per heavy atom. The predicted molar refractivity (Wildman–Crippen MR) is 71.8 cm³/mol. The standard InChI is InChI=1S/C14H15N3O4/c18-14(9-1-2-11-12(5-9)16-21-15-11)17-3-4-19-6-10-7-20-8-13(10)17/h1-2,5,10,13H,3-4,6-8H2. The van der Waals surface area contributed by atoms with E-state index >= 15 is 0 Å². The van der Waals surface area contributed by atoms with E-state index in [0.29, 0.717) is 49.6 Å². The lowest BCUT2D eigenvalue weighted by Gasteiger charge is -2.28. The first-order chi connectivity index (χ1) is 10.3. The number of amides is 1. The van der Waals surface area contributed by atoms with Gasteiger partial charge in [-0.3, -0.25) is 4.79 Å². The molecule has 0 saturated carbocycles. The Kier molecular flexibility index (Phi) is 3.08. The average molecular weight is 289 g/mol. The molecule has 7 heteroatoms. The van der Waals surface area contributed by atoms with Crippen molar-refractivity contribution < 1.29 is 18.9 Å². The first-order valence-corrected chi connectivity index (χ1v) is 7.02. The van der Waals surface area contributed by atoms with Gasteiger partial charge in [0.25, 0.3) is 5.91 Å². The van der Waals surface area contributed by atoms with E-state index in [1.54, 1.807) is 18.2 Å². The van der Waals surface area contributed by atoms with Crippen molar-refractivity contribution in [1.82, 2.24) is 15.2 Å². The molecule has 1 aromatic heterocycles. The minimum absolute atomic E-state index is 0.0223. The normalized spacial score (nSPS) is 25.8. The van der Waals surface area contributed by atoms with Gasteiger partial charge in [0.2, 0.25) is 0 Å². The van der Waals surface area contributed by atoms with Crippen molar-refractivity contribution in [2.45, 2.75) is 6.04 Å². The van der Waals surface area contributed by atoms with Crippen LogP contribution in [0, 0.1) is 5.92 Å². The molecule has 3 heterocycles. The monoisotopic (exact) mass is 289 g/mol. The van der Waals surface area contributed by atoms with Crippen LogP contribution >= 0.6 is 0 Å². The van der Waals surface area contributed by atoms with Gasteiger partial charge in [-0.15, -0.1) is 0 Å². The number of aromatic nitrogens is 2. The molecule has 1 aromatic carbocycles. The van der Waals surface area contributed by atoms with Gasteiger partial charge in [0.1, 0.15) is 11.0 Å². The molecule has 21 heavy (non-hydrogen) atoms. The van der Waals surface area contributed by atoms with E-state index in [0.717, 1.165) is 0 Å². The molecule has 2 atom stereocenters. The minimum atomic E-state index is -0.0223. The number of hydrogen-bond donors (Lipinski definition) is 0. The highest BCUT2D eigenvalue weighted by Crippen LogP contribution is 2.24. The fourth-order valence-corrected chi connectivity index (χ4v) is 2.99. The number of carbonyl (C=O) groups excluding carboxylic acids is 1. The van der Waals surface area contributed by atoms with Crippen molar-refractivity contribution in [3.05, 3.63) is 23.8 Å². The molecule has 2 saturated heterocycles. The number of ether oxygens (including phenoxy) is 2. The Morgan fingerprint density at radius 1 is 1.14 bits per heavy atom. The summed E-state index contributed by atoms with van der Waals surface area (Å²) in [5.74, 6) is 0.236. The van der Waals surface area contributed by atoms with Gasteiger partial charge >= 0.3 is 0 Å². The summed E-state index contributed by atoms with van der Waals surface area (Å²) in [4.78, 5) is 14.7. The molecule has 0 aliphatic carbocycles. The van der Waals surface area contributed by atoms with Crippen LogP contribution in [-0.4, -0.2) is 60.1 Å². The molecule has 110 valence electrons. The molecule has 2 aromatic rings. The SMILES string of the molecule is O=C(c1ccc2nonc2c1)N1CCOCC2COCC21. The van der Waals surface area contributed by atoms with E-state index in [1.807, 2.05) is 4.90 Å². The zero-order chi connectivity index (χ0) is 14.2. The van der Waals surface area contributed by atoms with Gasteiger partial charge in [-0.1, -0.05) is 0 Å². The zero-order valence-electron chi connectivity index (χ0n) is 11.4. The number of benzene rings is 1. The number of carbonyl (C=O) groups is 1. The predicted octanol–water partition coefficient (Wildman–Crippen LogP) is 0.710. The summed E-state index contributed by atoms with van der Waals surface area (Å²) in [7, 11) is 0. The lowest BCUT2D eigenvalue weighted by atomic mass is 10.0. The number of nitrogens with zero attached hydrogens (tertiary/aromatic N) is 3. The molecule has 2 unspecified atom stereocenters. The molecule has 2 aliphatic rings. The molecule has 1 amide bonds. The van der Waals surface area contributed by atoms with Crippen molar-refractivity contribution in [1.29, 1.82) is 0 Å². The van der Waals surface area contributed by atoms with Crippen LogP contribution in [-0.2, 0) is 9.47 Å². The molecule has 4 rings (SSSR count). The van der Waals surface area contributed by atoms with Crippen LogP contribution in [0.15, 0.2) is 22.8 Å². The Morgan fingerprint density at radius 2 is 2.00 bits per heavy atom. The topological polar surface area (TPSA) is 77.7 Å². The second-order valence-electron chi connectivity index (χ2n) is 5.41. The summed E-state index contributed by atoms with van der Waals surface area (Å²) in [5, 5.41) is 7.53. The van der Waals surface area contributed by atoms with E-state index in [-0.39, 0.29) is 17.9 Å². The molecule has 0 N–H and O–H groups in total. The second-order valence-corrected chi connectivity index (χ2v) is 5.41. The molecular weight excluding hydrogens is 274 g/mol. The minimum Gasteiger partial charge on any atom is -0.379 e. The third-order valence-corrected chi connectivity index (χ3v) is 4.14. The molecule has 2 aliphatic heterocycles. The largest absolute Gasteiger partial charge is 0.379 e. The number of fused-ring (bicyclic) bond motifs is 2. The van der Waals surface area contributed by atoms with Gasteiger partial charge < -0.3 is 14.4 Å². The molecule has 2 fully saturated rings. The Hall–Kier alpha value is -1.99. The van der Waals surface area contributed by atoms with Crippen LogP contribution in [0.3, 0.4) is 0 Å². The maximum absolute atomic E-state index is 12.8. The molecule has 0 bridgehead atoms. The molecule has 7 nitrogen and oxygen atoms in total. The van der Waals surface area contributed by atoms with Crippen LogP contribution in [0.1, 0.15) is 10.4 Å². The summed E-state index contributed by atoms with van der Waals surface area (Å²) >= 11 is 0. The number of rotatable bonds is 1. The summed E-state index contributed by atoms with van der Waals surface area (Å²) < 4.78 is 15.8. The summed E-state index contributed by atoms with van der Waals surface area (Å²) in [6.45, 7) is 3.03. The van der Waals surface area contributed by atoms with Gasteiger partial charge in [0, 0.05) is 18.0 Å². The fraction of sp³-hybridized carbons (Fsp3) is 0.500. The highest BCUT2D eigenvalue weighted by molar-refractivity contribution is 5.97. The Bertz CT molecular complexity index is 671. The fourth-order valence-electron chi connectivity index (χ4n) is 2.99. The molecule has 0 radical (unpaired) electrons. The first kappa shape index (κ1) is 12.7. The summed E-state index contributed by atoms with van der Waals surface area (Å²) in [5.41, 5.74) is 1.82. The zero-order valence-corrected chi connectivity index (χ0v) is 11.4. The van der Waals surface area contributed by atoms with Crippen molar-refractivity contribution in [3.63, 3.8) is 0 Å². The van der Waals surface area contributed by atoms with Gasteiger partial charge in [0.15, 0.2) is 0 Å². The molecular formula is C14H15N3O4. The number of hydrogen-bond acceptors (Lipinski definition) is 6. The van der Waals surface area contributed by atoms with E-state index < -0.39 is 0 Å². The van der Waals surface area contributed by atoms with Crippen molar-refractivity contribution in [2.24, 2.45) is 5.92 Å². The summed E-state index contributed by atoms with van der Waals surface area (Å²) in [6.07, 6.45) is 0. The quantitative estimate of drug-likeness (QED) is 0.769. The summed E-state index contributed by atoms with van der Waals surface area (Å²) in [6, 6.07) is 5.30. The first-order valence-electron chi connectivity index (χ1n) is 7.02. The third kappa shape index (κ3) is 2.18. The van der Waals surface area contributed by atoms with Gasteiger partial charge in [-0.05, 0) is 28.5 Å². The van der Waals surface area contributed by atoms with Crippen molar-refractivity contribution in [3.8, 4) is 0 Å². The Balaban J connectivity index is 1.65. The van der Waals surface area contributed by atoms with E-state index in [9.17, 15) is 4.79 Å².